The lowest BCUT2D eigenvalue weighted by Crippen LogP contribution is -2.47. The van der Waals surface area contributed by atoms with Gasteiger partial charge in [0.1, 0.15) is 0 Å². The molecule has 1 unspecified atom stereocenters. The number of nitrogens with zero attached hydrogens (tertiary/aromatic N) is 1. The van der Waals surface area contributed by atoms with Crippen molar-refractivity contribution in [3.8, 4) is 0 Å². The molecule has 1 aromatic rings. The van der Waals surface area contributed by atoms with Crippen LogP contribution in [-0.2, 0) is 19.1 Å². The topological polar surface area (TPSA) is 75.7 Å². The van der Waals surface area contributed by atoms with Gasteiger partial charge >= 0.3 is 17.8 Å². The van der Waals surface area contributed by atoms with Crippen LogP contribution in [0.1, 0.15) is 19.8 Å². The lowest BCUT2D eigenvalue weighted by Gasteiger charge is -2.31. The molecule has 1 saturated heterocycles. The molecule has 1 aromatic carbocycles. The predicted molar refractivity (Wildman–Crippen MR) is 92.8 cm³/mol. The second-order valence-electron chi connectivity index (χ2n) is 5.53. The number of piperidine rings is 1. The van der Waals surface area contributed by atoms with Gasteiger partial charge in [0.2, 0.25) is 0 Å². The molecule has 130 valence electrons. The summed E-state index contributed by atoms with van der Waals surface area (Å²) in [5.74, 6) is -1.95. The number of anilines is 1. The van der Waals surface area contributed by atoms with Crippen LogP contribution in [0, 0.1) is 5.92 Å². The van der Waals surface area contributed by atoms with E-state index in [-0.39, 0.29) is 18.4 Å². The van der Waals surface area contributed by atoms with E-state index in [1.54, 1.807) is 24.8 Å². The molecule has 0 radical (unpaired) electrons. The van der Waals surface area contributed by atoms with Crippen molar-refractivity contribution in [1.29, 1.82) is 0 Å². The quantitative estimate of drug-likeness (QED) is 0.512. The number of likely N-dealkylation sites (tertiary alicyclic amines) is 1. The molecule has 0 spiro atoms. The third-order valence-electron chi connectivity index (χ3n) is 3.85. The van der Waals surface area contributed by atoms with Crippen molar-refractivity contribution in [1.82, 2.24) is 4.90 Å². The minimum atomic E-state index is -0.683. The fraction of sp³-hybridized carbons (Fsp3) is 0.471. The van der Waals surface area contributed by atoms with Gasteiger partial charge in [0.15, 0.2) is 0 Å². The van der Waals surface area contributed by atoms with Crippen LogP contribution in [0.15, 0.2) is 29.2 Å². The Kier molecular flexibility index (Phi) is 6.66. The highest BCUT2D eigenvalue weighted by molar-refractivity contribution is 7.98. The van der Waals surface area contributed by atoms with Crippen LogP contribution in [0.25, 0.3) is 0 Å². The second kappa shape index (κ2) is 8.73. The van der Waals surface area contributed by atoms with Crippen LogP contribution >= 0.6 is 11.8 Å². The maximum atomic E-state index is 12.3. The molecule has 7 heteroatoms. The largest absolute Gasteiger partial charge is 0.466 e. The fourth-order valence-electron chi connectivity index (χ4n) is 2.64. The molecule has 0 saturated carbocycles. The summed E-state index contributed by atoms with van der Waals surface area (Å²) < 4.78 is 5.01. The number of carbonyl (C=O) groups is 3. The number of rotatable bonds is 4. The minimum Gasteiger partial charge on any atom is -0.466 e. The normalized spacial score (nSPS) is 17.2. The average molecular weight is 350 g/mol. The van der Waals surface area contributed by atoms with Crippen molar-refractivity contribution >= 4 is 35.2 Å². The molecular formula is C17H22N2O4S. The van der Waals surface area contributed by atoms with Crippen LogP contribution in [-0.4, -0.2) is 48.6 Å². The van der Waals surface area contributed by atoms with Crippen molar-refractivity contribution in [3.63, 3.8) is 0 Å². The highest BCUT2D eigenvalue weighted by Gasteiger charge is 2.31. The SMILES string of the molecule is CCOC(=O)C1CCCN(C(=O)C(=O)Nc2cccc(SC)c2)C1. The summed E-state index contributed by atoms with van der Waals surface area (Å²) >= 11 is 1.56. The van der Waals surface area contributed by atoms with Gasteiger partial charge in [-0.2, -0.15) is 0 Å². The average Bonchev–Trinajstić information content (AvgIpc) is 2.61. The molecule has 1 N–H and O–H groups in total. The lowest BCUT2D eigenvalue weighted by atomic mass is 9.98. The van der Waals surface area contributed by atoms with Crippen LogP contribution in [0.2, 0.25) is 0 Å². The summed E-state index contributed by atoms with van der Waals surface area (Å²) in [6.45, 7) is 2.78. The molecule has 2 rings (SSSR count). The predicted octanol–water partition coefficient (Wildman–Crippen LogP) is 2.15. The first-order valence-electron chi connectivity index (χ1n) is 7.96. The molecular weight excluding hydrogens is 328 g/mol. The molecule has 6 nitrogen and oxygen atoms in total. The maximum Gasteiger partial charge on any atom is 0.313 e. The van der Waals surface area contributed by atoms with Gasteiger partial charge in [-0.1, -0.05) is 6.07 Å². The van der Waals surface area contributed by atoms with Crippen molar-refractivity contribution in [2.24, 2.45) is 5.92 Å². The van der Waals surface area contributed by atoms with Crippen LogP contribution in [0.4, 0.5) is 5.69 Å². The standard InChI is InChI=1S/C17H22N2O4S/c1-3-23-17(22)12-6-5-9-19(11-12)16(21)15(20)18-13-7-4-8-14(10-13)24-2/h4,7-8,10,12H,3,5-6,9,11H2,1-2H3,(H,18,20). The number of thioether (sulfide) groups is 1. The van der Waals surface area contributed by atoms with E-state index in [0.29, 0.717) is 31.7 Å². The number of amides is 2. The Labute approximate surface area is 145 Å². The van der Waals surface area contributed by atoms with Crippen molar-refractivity contribution in [2.45, 2.75) is 24.7 Å². The van der Waals surface area contributed by atoms with E-state index in [4.69, 9.17) is 4.74 Å². The van der Waals surface area contributed by atoms with E-state index >= 15 is 0 Å². The van der Waals surface area contributed by atoms with E-state index in [1.807, 2.05) is 24.5 Å². The third kappa shape index (κ3) is 4.74. The Morgan fingerprint density at radius 3 is 2.88 bits per heavy atom. The first-order valence-corrected chi connectivity index (χ1v) is 9.18. The molecule has 0 bridgehead atoms. The molecule has 0 aliphatic carbocycles. The van der Waals surface area contributed by atoms with E-state index < -0.39 is 11.8 Å². The van der Waals surface area contributed by atoms with Gasteiger partial charge in [-0.25, -0.2) is 0 Å². The highest BCUT2D eigenvalue weighted by atomic mass is 32.2. The lowest BCUT2D eigenvalue weighted by molar-refractivity contribution is -0.153. The van der Waals surface area contributed by atoms with Gasteiger partial charge in [-0.3, -0.25) is 14.4 Å². The minimum absolute atomic E-state index is 0.232. The summed E-state index contributed by atoms with van der Waals surface area (Å²) in [5, 5.41) is 2.62. The van der Waals surface area contributed by atoms with Crippen molar-refractivity contribution in [2.75, 3.05) is 31.3 Å². The van der Waals surface area contributed by atoms with Crippen molar-refractivity contribution < 1.29 is 19.1 Å². The molecule has 1 atom stereocenters. The monoisotopic (exact) mass is 350 g/mol. The van der Waals surface area contributed by atoms with Gasteiger partial charge in [0.05, 0.1) is 12.5 Å². The molecule has 1 heterocycles. The Morgan fingerprint density at radius 1 is 1.38 bits per heavy atom. The number of ether oxygens (including phenoxy) is 1. The molecule has 1 aliphatic heterocycles. The number of hydrogen-bond acceptors (Lipinski definition) is 5. The van der Waals surface area contributed by atoms with E-state index in [1.165, 1.54) is 4.90 Å². The zero-order chi connectivity index (χ0) is 17.5. The first kappa shape index (κ1) is 18.3. The fourth-order valence-corrected chi connectivity index (χ4v) is 3.10. The summed E-state index contributed by atoms with van der Waals surface area (Å²) in [4.78, 5) is 38.8. The summed E-state index contributed by atoms with van der Waals surface area (Å²) in [5.41, 5.74) is 0.583. The first-order chi connectivity index (χ1) is 11.5. The number of esters is 1. The van der Waals surface area contributed by atoms with Crippen LogP contribution < -0.4 is 5.32 Å². The van der Waals surface area contributed by atoms with E-state index in [2.05, 4.69) is 5.32 Å². The molecule has 1 fully saturated rings. The summed E-state index contributed by atoms with van der Waals surface area (Å²) in [6, 6.07) is 7.30. The summed E-state index contributed by atoms with van der Waals surface area (Å²) in [7, 11) is 0. The molecule has 1 aliphatic rings. The van der Waals surface area contributed by atoms with Crippen molar-refractivity contribution in [3.05, 3.63) is 24.3 Å². The Hall–Kier alpha value is -2.02. The molecule has 2 amide bonds. The number of hydrogen-bond donors (Lipinski definition) is 1. The van der Waals surface area contributed by atoms with Gasteiger partial charge < -0.3 is 15.0 Å². The Balaban J connectivity index is 1.96. The van der Waals surface area contributed by atoms with Gasteiger partial charge in [0, 0.05) is 23.7 Å². The number of benzene rings is 1. The molecule has 0 aromatic heterocycles. The van der Waals surface area contributed by atoms with Crippen LogP contribution in [0.3, 0.4) is 0 Å². The smallest absolute Gasteiger partial charge is 0.313 e. The maximum absolute atomic E-state index is 12.3. The zero-order valence-corrected chi connectivity index (χ0v) is 14.7. The van der Waals surface area contributed by atoms with Gasteiger partial charge in [-0.15, -0.1) is 11.8 Å². The van der Waals surface area contributed by atoms with E-state index in [9.17, 15) is 14.4 Å². The second-order valence-corrected chi connectivity index (χ2v) is 6.41. The van der Waals surface area contributed by atoms with Crippen LogP contribution in [0.5, 0.6) is 0 Å². The van der Waals surface area contributed by atoms with Gasteiger partial charge in [-0.05, 0) is 44.2 Å². The zero-order valence-electron chi connectivity index (χ0n) is 13.9. The third-order valence-corrected chi connectivity index (χ3v) is 4.58. The Morgan fingerprint density at radius 2 is 2.17 bits per heavy atom. The highest BCUT2D eigenvalue weighted by Crippen LogP contribution is 2.20. The summed E-state index contributed by atoms with van der Waals surface area (Å²) in [6.07, 6.45) is 3.31. The van der Waals surface area contributed by atoms with Gasteiger partial charge in [0.25, 0.3) is 0 Å². The van der Waals surface area contributed by atoms with E-state index in [0.717, 1.165) is 4.90 Å². The number of carbonyl (C=O) groups excluding carboxylic acids is 3. The Bertz CT molecular complexity index is 620. The molecule has 24 heavy (non-hydrogen) atoms. The number of nitrogens with one attached hydrogen (secondary N) is 1.